The molecule has 1 aliphatic rings. The minimum absolute atomic E-state index is 0.0164. The Morgan fingerprint density at radius 1 is 1.18 bits per heavy atom. The van der Waals surface area contributed by atoms with Crippen molar-refractivity contribution in [1.29, 1.82) is 0 Å². The van der Waals surface area contributed by atoms with Crippen LogP contribution in [0.5, 0.6) is 0 Å². The van der Waals surface area contributed by atoms with Gasteiger partial charge in [0.1, 0.15) is 11.6 Å². The molecule has 1 N–H and O–H groups in total. The Morgan fingerprint density at radius 2 is 1.93 bits per heavy atom. The van der Waals surface area contributed by atoms with E-state index in [1.54, 1.807) is 24.3 Å². The summed E-state index contributed by atoms with van der Waals surface area (Å²) in [6.07, 6.45) is 0.0164. The molecule has 0 unspecified atom stereocenters. The number of carbonyl (C=O) groups excluding carboxylic acids is 1. The predicted octanol–water partition coefficient (Wildman–Crippen LogP) is 3.27. The Morgan fingerprint density at radius 3 is 2.64 bits per heavy atom. The van der Waals surface area contributed by atoms with Gasteiger partial charge in [-0.15, -0.1) is 0 Å². The fourth-order valence-electron chi connectivity index (χ4n) is 3.13. The van der Waals surface area contributed by atoms with Crippen LogP contribution in [-0.2, 0) is 32.6 Å². The topological polar surface area (TPSA) is 81.1 Å². The number of anilines is 1. The van der Waals surface area contributed by atoms with Gasteiger partial charge in [0.15, 0.2) is 9.84 Å². The first-order valence-corrected chi connectivity index (χ1v) is 10.6. The maximum atomic E-state index is 13.0. The lowest BCUT2D eigenvalue weighted by Crippen LogP contribution is -2.18. The van der Waals surface area contributed by atoms with E-state index in [0.29, 0.717) is 33.3 Å². The molecule has 3 aromatic rings. The molecule has 1 aromatic heterocycles. The maximum absolute atomic E-state index is 13.0. The summed E-state index contributed by atoms with van der Waals surface area (Å²) < 4.78 is 38.5. The van der Waals surface area contributed by atoms with Crippen LogP contribution in [0, 0.1) is 5.82 Å². The number of nitrogens with one attached hydrogen (secondary N) is 1. The van der Waals surface area contributed by atoms with E-state index in [-0.39, 0.29) is 29.7 Å². The highest BCUT2D eigenvalue weighted by molar-refractivity contribution is 7.90. The van der Waals surface area contributed by atoms with E-state index in [4.69, 9.17) is 11.6 Å². The largest absolute Gasteiger partial charge is 0.310 e. The summed E-state index contributed by atoms with van der Waals surface area (Å²) in [7, 11) is -3.29. The number of rotatable bonds is 4. The zero-order chi connectivity index (χ0) is 19.9. The standard InChI is InChI=1S/C19H15ClFN3O3S/c20-13-2-1-3-15(9-13)24-19(16-10-28(26,27)11-17(16)23-24)22-18(25)8-12-4-6-14(21)7-5-12/h1-7,9H,8,10-11H2,(H,22,25). The summed E-state index contributed by atoms with van der Waals surface area (Å²) >= 11 is 6.06. The lowest BCUT2D eigenvalue weighted by molar-refractivity contribution is -0.115. The van der Waals surface area contributed by atoms with Crippen molar-refractivity contribution < 1.29 is 17.6 Å². The van der Waals surface area contributed by atoms with Crippen LogP contribution >= 0.6 is 11.6 Å². The van der Waals surface area contributed by atoms with Crippen molar-refractivity contribution in [3.8, 4) is 5.69 Å². The normalized spacial score (nSPS) is 14.6. The summed E-state index contributed by atoms with van der Waals surface area (Å²) in [5.41, 5.74) is 2.14. The highest BCUT2D eigenvalue weighted by Crippen LogP contribution is 2.33. The second-order valence-electron chi connectivity index (χ2n) is 6.55. The zero-order valence-corrected chi connectivity index (χ0v) is 16.1. The van der Waals surface area contributed by atoms with E-state index in [2.05, 4.69) is 10.4 Å². The molecule has 1 aliphatic heterocycles. The number of carbonyl (C=O) groups is 1. The lowest BCUT2D eigenvalue weighted by Gasteiger charge is -2.11. The summed E-state index contributed by atoms with van der Waals surface area (Å²) in [5, 5.41) is 7.64. The third kappa shape index (κ3) is 3.79. The quantitative estimate of drug-likeness (QED) is 0.703. The van der Waals surface area contributed by atoms with Crippen LogP contribution in [0.1, 0.15) is 16.8 Å². The first-order valence-electron chi connectivity index (χ1n) is 8.42. The first-order chi connectivity index (χ1) is 13.3. The van der Waals surface area contributed by atoms with E-state index in [1.165, 1.54) is 28.9 Å². The molecule has 0 aliphatic carbocycles. The van der Waals surface area contributed by atoms with E-state index in [0.717, 1.165) is 0 Å². The number of aromatic nitrogens is 2. The number of hydrogen-bond donors (Lipinski definition) is 1. The summed E-state index contributed by atoms with van der Waals surface area (Å²) in [5.74, 6) is -0.787. The van der Waals surface area contributed by atoms with Crippen molar-refractivity contribution in [2.24, 2.45) is 0 Å². The van der Waals surface area contributed by atoms with Gasteiger partial charge in [-0.05, 0) is 35.9 Å². The maximum Gasteiger partial charge on any atom is 0.229 e. The van der Waals surface area contributed by atoms with Gasteiger partial charge in [0.25, 0.3) is 0 Å². The van der Waals surface area contributed by atoms with E-state index < -0.39 is 9.84 Å². The van der Waals surface area contributed by atoms with Gasteiger partial charge in [0, 0.05) is 10.6 Å². The van der Waals surface area contributed by atoms with Gasteiger partial charge in [-0.3, -0.25) is 4.79 Å². The molecule has 0 bridgehead atoms. The molecule has 9 heteroatoms. The highest BCUT2D eigenvalue weighted by Gasteiger charge is 2.33. The molecule has 1 amide bonds. The molecule has 0 radical (unpaired) electrons. The fraction of sp³-hybridized carbons (Fsp3) is 0.158. The minimum atomic E-state index is -3.29. The second kappa shape index (κ2) is 7.03. The zero-order valence-electron chi connectivity index (χ0n) is 14.5. The minimum Gasteiger partial charge on any atom is -0.310 e. The van der Waals surface area contributed by atoms with Crippen molar-refractivity contribution >= 4 is 33.2 Å². The van der Waals surface area contributed by atoms with Crippen LogP contribution in [0.15, 0.2) is 48.5 Å². The molecule has 0 saturated carbocycles. The van der Waals surface area contributed by atoms with Crippen LogP contribution in [0.25, 0.3) is 5.69 Å². The van der Waals surface area contributed by atoms with Crippen molar-refractivity contribution in [3.63, 3.8) is 0 Å². The average molecular weight is 420 g/mol. The fourth-order valence-corrected chi connectivity index (χ4v) is 4.81. The van der Waals surface area contributed by atoms with E-state index in [1.807, 2.05) is 0 Å². The SMILES string of the molecule is O=C(Cc1ccc(F)cc1)Nc1c2c(nn1-c1cccc(Cl)c1)CS(=O)(=O)C2. The van der Waals surface area contributed by atoms with Gasteiger partial charge < -0.3 is 5.32 Å². The van der Waals surface area contributed by atoms with Crippen molar-refractivity contribution in [2.75, 3.05) is 5.32 Å². The number of hydrogen-bond acceptors (Lipinski definition) is 4. The van der Waals surface area contributed by atoms with Crippen molar-refractivity contribution in [1.82, 2.24) is 9.78 Å². The molecule has 4 rings (SSSR count). The van der Waals surface area contributed by atoms with Crippen LogP contribution in [0.3, 0.4) is 0 Å². The van der Waals surface area contributed by atoms with Crippen LogP contribution in [0.4, 0.5) is 10.2 Å². The number of sulfone groups is 1. The third-order valence-corrected chi connectivity index (χ3v) is 6.05. The monoisotopic (exact) mass is 419 g/mol. The number of amides is 1. The molecular formula is C19H15ClFN3O3S. The Bertz CT molecular complexity index is 1170. The molecule has 2 heterocycles. The molecule has 0 atom stereocenters. The van der Waals surface area contributed by atoms with Crippen molar-refractivity contribution in [3.05, 3.63) is 76.2 Å². The Kier molecular flexibility index (Phi) is 4.68. The van der Waals surface area contributed by atoms with Gasteiger partial charge in [-0.1, -0.05) is 29.8 Å². The highest BCUT2D eigenvalue weighted by atomic mass is 35.5. The van der Waals surface area contributed by atoms with E-state index in [9.17, 15) is 17.6 Å². The predicted molar refractivity (Wildman–Crippen MR) is 104 cm³/mol. The second-order valence-corrected chi connectivity index (χ2v) is 9.05. The number of fused-ring (bicyclic) bond motifs is 1. The lowest BCUT2D eigenvalue weighted by atomic mass is 10.1. The molecule has 0 saturated heterocycles. The molecular weight excluding hydrogens is 405 g/mol. The average Bonchev–Trinajstić information content (AvgIpc) is 3.10. The Hall–Kier alpha value is -2.71. The number of halogens is 2. The molecule has 6 nitrogen and oxygen atoms in total. The third-order valence-electron chi connectivity index (χ3n) is 4.38. The smallest absolute Gasteiger partial charge is 0.229 e. The van der Waals surface area contributed by atoms with Crippen LogP contribution in [0.2, 0.25) is 5.02 Å². The van der Waals surface area contributed by atoms with E-state index >= 15 is 0 Å². The summed E-state index contributed by atoms with van der Waals surface area (Å²) in [6.45, 7) is 0. The van der Waals surface area contributed by atoms with Gasteiger partial charge in [0.2, 0.25) is 5.91 Å². The molecule has 0 spiro atoms. The Balaban J connectivity index is 1.68. The first kappa shape index (κ1) is 18.6. The summed E-state index contributed by atoms with van der Waals surface area (Å²) in [6, 6.07) is 12.5. The Labute approximate surface area is 165 Å². The molecule has 0 fully saturated rings. The molecule has 144 valence electrons. The van der Waals surface area contributed by atoms with Gasteiger partial charge in [-0.25, -0.2) is 17.5 Å². The van der Waals surface area contributed by atoms with Gasteiger partial charge >= 0.3 is 0 Å². The molecule has 28 heavy (non-hydrogen) atoms. The van der Waals surface area contributed by atoms with Gasteiger partial charge in [-0.2, -0.15) is 5.10 Å². The molecule has 2 aromatic carbocycles. The number of nitrogens with zero attached hydrogens (tertiary/aromatic N) is 2. The van der Waals surface area contributed by atoms with Crippen molar-refractivity contribution in [2.45, 2.75) is 17.9 Å². The van der Waals surface area contributed by atoms with Crippen LogP contribution in [-0.4, -0.2) is 24.1 Å². The van der Waals surface area contributed by atoms with Crippen LogP contribution < -0.4 is 5.32 Å². The number of benzene rings is 2. The summed E-state index contributed by atoms with van der Waals surface area (Å²) in [4.78, 5) is 12.6. The van der Waals surface area contributed by atoms with Gasteiger partial charge in [0.05, 0.1) is 29.3 Å².